The number of carbonyl (C=O) groups excluding carboxylic acids is 1. The topological polar surface area (TPSA) is 68.0 Å². The van der Waals surface area contributed by atoms with Crippen molar-refractivity contribution in [3.8, 4) is 11.5 Å². The zero-order chi connectivity index (χ0) is 17.3. The molecule has 1 aliphatic carbocycles. The lowest BCUT2D eigenvalue weighted by molar-refractivity contribution is -0.121. The molecule has 5 heteroatoms. The van der Waals surface area contributed by atoms with E-state index in [0.717, 1.165) is 30.9 Å². The molecular weight excluding hydrogens is 314 g/mol. The van der Waals surface area contributed by atoms with Crippen LogP contribution in [0.25, 0.3) is 11.5 Å². The molecule has 1 saturated carbocycles. The van der Waals surface area contributed by atoms with Crippen LogP contribution >= 0.6 is 0 Å². The van der Waals surface area contributed by atoms with Gasteiger partial charge in [0.05, 0.1) is 0 Å². The molecule has 0 saturated heterocycles. The van der Waals surface area contributed by atoms with Crippen LogP contribution in [0, 0.1) is 5.92 Å². The standard InChI is InChI=1S/C20H27N3O2/c24-18(21-15-14-16-8-3-1-4-9-16)12-7-13-19-22-23-20(25-19)17-10-5-2-6-11-17/h2,5-6,10-11,16H,1,3-4,7-9,12-15H2,(H,21,24). The molecule has 25 heavy (non-hydrogen) atoms. The minimum absolute atomic E-state index is 0.124. The van der Waals surface area contributed by atoms with Crippen LogP contribution < -0.4 is 5.32 Å². The highest BCUT2D eigenvalue weighted by molar-refractivity contribution is 5.75. The van der Waals surface area contributed by atoms with E-state index < -0.39 is 0 Å². The van der Waals surface area contributed by atoms with Crippen LogP contribution in [0.1, 0.15) is 57.3 Å². The molecule has 1 aromatic carbocycles. The Kier molecular flexibility index (Phi) is 6.60. The maximum atomic E-state index is 11.9. The number of benzene rings is 1. The first-order valence-corrected chi connectivity index (χ1v) is 9.46. The average molecular weight is 341 g/mol. The van der Waals surface area contributed by atoms with Crippen molar-refractivity contribution in [3.63, 3.8) is 0 Å². The Morgan fingerprint density at radius 2 is 1.92 bits per heavy atom. The third-order valence-electron chi connectivity index (χ3n) is 4.88. The van der Waals surface area contributed by atoms with Gasteiger partial charge in [-0.1, -0.05) is 50.3 Å². The predicted octanol–water partition coefficient (Wildman–Crippen LogP) is 4.15. The van der Waals surface area contributed by atoms with Gasteiger partial charge in [0.1, 0.15) is 0 Å². The zero-order valence-corrected chi connectivity index (χ0v) is 14.7. The number of hydrogen-bond donors (Lipinski definition) is 1. The molecule has 1 aromatic heterocycles. The summed E-state index contributed by atoms with van der Waals surface area (Å²) in [6.45, 7) is 0.808. The quantitative estimate of drug-likeness (QED) is 0.783. The molecular formula is C20H27N3O2. The lowest BCUT2D eigenvalue weighted by atomic mass is 9.87. The maximum Gasteiger partial charge on any atom is 0.247 e. The van der Waals surface area contributed by atoms with E-state index in [9.17, 15) is 4.79 Å². The van der Waals surface area contributed by atoms with Gasteiger partial charge in [-0.2, -0.15) is 0 Å². The molecule has 0 bridgehead atoms. The second-order valence-electron chi connectivity index (χ2n) is 6.86. The van der Waals surface area contributed by atoms with Crippen molar-refractivity contribution in [1.82, 2.24) is 15.5 Å². The maximum absolute atomic E-state index is 11.9. The van der Waals surface area contributed by atoms with Gasteiger partial charge in [-0.25, -0.2) is 0 Å². The molecule has 0 unspecified atom stereocenters. The van der Waals surface area contributed by atoms with Crippen LogP contribution in [0.3, 0.4) is 0 Å². The van der Waals surface area contributed by atoms with Crippen LogP contribution in [0.4, 0.5) is 0 Å². The average Bonchev–Trinajstić information content (AvgIpc) is 3.12. The molecule has 0 aliphatic heterocycles. The summed E-state index contributed by atoms with van der Waals surface area (Å²) in [6, 6.07) is 9.72. The molecule has 3 rings (SSSR count). The monoisotopic (exact) mass is 341 g/mol. The molecule has 1 heterocycles. The summed E-state index contributed by atoms with van der Waals surface area (Å²) in [6.07, 6.45) is 9.74. The number of aryl methyl sites for hydroxylation is 1. The van der Waals surface area contributed by atoms with Crippen molar-refractivity contribution in [3.05, 3.63) is 36.2 Å². The van der Waals surface area contributed by atoms with Gasteiger partial charge in [0.25, 0.3) is 0 Å². The largest absolute Gasteiger partial charge is 0.421 e. The predicted molar refractivity (Wildman–Crippen MR) is 96.9 cm³/mol. The smallest absolute Gasteiger partial charge is 0.247 e. The van der Waals surface area contributed by atoms with E-state index >= 15 is 0 Å². The molecule has 0 atom stereocenters. The van der Waals surface area contributed by atoms with E-state index in [1.807, 2.05) is 30.3 Å². The van der Waals surface area contributed by atoms with Crippen LogP contribution in [0.2, 0.25) is 0 Å². The van der Waals surface area contributed by atoms with E-state index in [0.29, 0.717) is 24.6 Å². The van der Waals surface area contributed by atoms with E-state index in [1.165, 1.54) is 32.1 Å². The Hall–Kier alpha value is -2.17. The Balaban J connectivity index is 1.32. The number of hydrogen-bond acceptors (Lipinski definition) is 4. The van der Waals surface area contributed by atoms with E-state index in [1.54, 1.807) is 0 Å². The van der Waals surface area contributed by atoms with Crippen molar-refractivity contribution >= 4 is 5.91 Å². The first-order chi connectivity index (χ1) is 12.3. The Labute approximate surface area is 149 Å². The van der Waals surface area contributed by atoms with Crippen molar-refractivity contribution in [2.24, 2.45) is 5.92 Å². The highest BCUT2D eigenvalue weighted by Gasteiger charge is 2.13. The zero-order valence-electron chi connectivity index (χ0n) is 14.7. The van der Waals surface area contributed by atoms with E-state index in [2.05, 4.69) is 15.5 Å². The van der Waals surface area contributed by atoms with Gasteiger partial charge in [-0.3, -0.25) is 4.79 Å². The molecule has 134 valence electrons. The molecule has 0 spiro atoms. The minimum Gasteiger partial charge on any atom is -0.421 e. The van der Waals surface area contributed by atoms with Crippen molar-refractivity contribution in [1.29, 1.82) is 0 Å². The van der Waals surface area contributed by atoms with E-state index in [-0.39, 0.29) is 5.91 Å². The summed E-state index contributed by atoms with van der Waals surface area (Å²) in [7, 11) is 0. The lowest BCUT2D eigenvalue weighted by Gasteiger charge is -2.21. The molecule has 1 amide bonds. The summed E-state index contributed by atoms with van der Waals surface area (Å²) in [5.74, 6) is 2.06. The molecule has 0 radical (unpaired) electrons. The van der Waals surface area contributed by atoms with Crippen LogP contribution in [-0.2, 0) is 11.2 Å². The summed E-state index contributed by atoms with van der Waals surface area (Å²) in [5.41, 5.74) is 0.918. The van der Waals surface area contributed by atoms with Gasteiger partial charge in [-0.05, 0) is 30.9 Å². The van der Waals surface area contributed by atoms with Crippen molar-refractivity contribution < 1.29 is 9.21 Å². The first kappa shape index (κ1) is 17.6. The fourth-order valence-corrected chi connectivity index (χ4v) is 3.43. The van der Waals surface area contributed by atoms with Crippen LogP contribution in [0.15, 0.2) is 34.7 Å². The number of amides is 1. The summed E-state index contributed by atoms with van der Waals surface area (Å²) >= 11 is 0. The highest BCUT2D eigenvalue weighted by Crippen LogP contribution is 2.25. The first-order valence-electron chi connectivity index (χ1n) is 9.46. The second-order valence-corrected chi connectivity index (χ2v) is 6.86. The minimum atomic E-state index is 0.124. The van der Waals surface area contributed by atoms with Gasteiger partial charge in [0.15, 0.2) is 0 Å². The van der Waals surface area contributed by atoms with Gasteiger partial charge in [0.2, 0.25) is 17.7 Å². The SMILES string of the molecule is O=C(CCCc1nnc(-c2ccccc2)o1)NCCC1CCCCC1. The fraction of sp³-hybridized carbons (Fsp3) is 0.550. The van der Waals surface area contributed by atoms with Gasteiger partial charge in [0, 0.05) is 24.9 Å². The summed E-state index contributed by atoms with van der Waals surface area (Å²) in [4.78, 5) is 11.9. The Bertz CT molecular complexity index is 648. The molecule has 1 fully saturated rings. The molecule has 1 aliphatic rings. The van der Waals surface area contributed by atoms with Gasteiger partial charge in [-0.15, -0.1) is 10.2 Å². The lowest BCUT2D eigenvalue weighted by Crippen LogP contribution is -2.26. The summed E-state index contributed by atoms with van der Waals surface area (Å²) < 4.78 is 5.66. The number of carbonyl (C=O) groups is 1. The van der Waals surface area contributed by atoms with Gasteiger partial charge >= 0.3 is 0 Å². The third kappa shape index (κ3) is 5.69. The Morgan fingerprint density at radius 1 is 1.12 bits per heavy atom. The number of nitrogens with zero attached hydrogens (tertiary/aromatic N) is 2. The second kappa shape index (κ2) is 9.35. The van der Waals surface area contributed by atoms with Crippen LogP contribution in [0.5, 0.6) is 0 Å². The normalized spacial score (nSPS) is 15.2. The Morgan fingerprint density at radius 3 is 2.72 bits per heavy atom. The summed E-state index contributed by atoms with van der Waals surface area (Å²) in [5, 5.41) is 11.2. The highest BCUT2D eigenvalue weighted by atomic mass is 16.4. The third-order valence-corrected chi connectivity index (χ3v) is 4.88. The number of rotatable bonds is 8. The molecule has 1 N–H and O–H groups in total. The van der Waals surface area contributed by atoms with Crippen molar-refractivity contribution in [2.45, 2.75) is 57.8 Å². The molecule has 2 aromatic rings. The number of aromatic nitrogens is 2. The fourth-order valence-electron chi connectivity index (χ4n) is 3.43. The van der Waals surface area contributed by atoms with Gasteiger partial charge < -0.3 is 9.73 Å². The van der Waals surface area contributed by atoms with Crippen LogP contribution in [-0.4, -0.2) is 22.6 Å². The number of nitrogens with one attached hydrogen (secondary N) is 1. The van der Waals surface area contributed by atoms with Crippen molar-refractivity contribution in [2.75, 3.05) is 6.54 Å². The van der Waals surface area contributed by atoms with E-state index in [4.69, 9.17) is 4.42 Å². The molecule has 5 nitrogen and oxygen atoms in total.